The molecule has 0 heterocycles. The number of benzene rings is 1. The van der Waals surface area contributed by atoms with Crippen LogP contribution in [0.3, 0.4) is 0 Å². The summed E-state index contributed by atoms with van der Waals surface area (Å²) in [6, 6.07) is 9.34. The van der Waals surface area contributed by atoms with Gasteiger partial charge in [-0.25, -0.2) is 0 Å². The van der Waals surface area contributed by atoms with Crippen LogP contribution in [0.4, 0.5) is 5.69 Å². The monoisotopic (exact) mass is 219 g/mol. The summed E-state index contributed by atoms with van der Waals surface area (Å²) in [6.07, 6.45) is 3.75. The molecule has 1 amide bonds. The molecule has 0 unspecified atom stereocenters. The molecule has 1 aliphatic carbocycles. The van der Waals surface area contributed by atoms with Crippen LogP contribution < -0.4 is 5.32 Å². The van der Waals surface area contributed by atoms with Gasteiger partial charge in [0.15, 0.2) is 0 Å². The first kappa shape index (κ1) is 11.1. The van der Waals surface area contributed by atoms with Crippen LogP contribution in [0, 0.1) is 0 Å². The summed E-state index contributed by atoms with van der Waals surface area (Å²) in [5, 5.41) is 12.9. The lowest BCUT2D eigenvalue weighted by Gasteiger charge is -2.21. The van der Waals surface area contributed by atoms with E-state index in [-0.39, 0.29) is 12.3 Å². The van der Waals surface area contributed by atoms with E-state index in [0.29, 0.717) is 0 Å². The largest absolute Gasteiger partial charge is 0.389 e. The standard InChI is InChI=1S/C13H17NO2/c15-12(10-13(16)8-4-5-9-13)14-11-6-2-1-3-7-11/h1-3,6-7,16H,4-5,8-10H2,(H,14,15). The van der Waals surface area contributed by atoms with Crippen molar-refractivity contribution in [2.75, 3.05) is 5.32 Å². The number of nitrogens with one attached hydrogen (secondary N) is 1. The molecular formula is C13H17NO2. The first-order chi connectivity index (χ1) is 7.68. The van der Waals surface area contributed by atoms with Gasteiger partial charge in [-0.15, -0.1) is 0 Å². The van der Waals surface area contributed by atoms with Crippen LogP contribution >= 0.6 is 0 Å². The minimum atomic E-state index is -0.765. The van der Waals surface area contributed by atoms with Gasteiger partial charge in [0.2, 0.25) is 5.91 Å². The van der Waals surface area contributed by atoms with Gasteiger partial charge in [-0.05, 0) is 25.0 Å². The van der Waals surface area contributed by atoms with Gasteiger partial charge in [-0.1, -0.05) is 31.0 Å². The minimum absolute atomic E-state index is 0.101. The fourth-order valence-corrected chi connectivity index (χ4v) is 2.24. The Hall–Kier alpha value is -1.35. The van der Waals surface area contributed by atoms with Crippen LogP contribution in [0.1, 0.15) is 32.1 Å². The molecule has 3 heteroatoms. The van der Waals surface area contributed by atoms with Gasteiger partial charge < -0.3 is 10.4 Å². The number of carbonyl (C=O) groups excluding carboxylic acids is 1. The maximum absolute atomic E-state index is 11.7. The van der Waals surface area contributed by atoms with E-state index in [1.807, 2.05) is 30.3 Å². The van der Waals surface area contributed by atoms with Gasteiger partial charge in [0.1, 0.15) is 0 Å². The van der Waals surface area contributed by atoms with Gasteiger partial charge in [0.05, 0.1) is 12.0 Å². The van der Waals surface area contributed by atoms with E-state index in [1.165, 1.54) is 0 Å². The van der Waals surface area contributed by atoms with E-state index < -0.39 is 5.60 Å². The van der Waals surface area contributed by atoms with Gasteiger partial charge in [-0.2, -0.15) is 0 Å². The topological polar surface area (TPSA) is 49.3 Å². The Bertz CT molecular complexity index is 355. The van der Waals surface area contributed by atoms with Gasteiger partial charge in [0.25, 0.3) is 0 Å². The van der Waals surface area contributed by atoms with Gasteiger partial charge in [0, 0.05) is 5.69 Å². The number of carbonyl (C=O) groups is 1. The van der Waals surface area contributed by atoms with Crippen LogP contribution in [0.15, 0.2) is 30.3 Å². The van der Waals surface area contributed by atoms with E-state index in [0.717, 1.165) is 31.4 Å². The van der Waals surface area contributed by atoms with Crippen molar-refractivity contribution < 1.29 is 9.90 Å². The highest BCUT2D eigenvalue weighted by molar-refractivity contribution is 5.91. The molecule has 0 aliphatic heterocycles. The second kappa shape index (κ2) is 4.66. The van der Waals surface area contributed by atoms with E-state index >= 15 is 0 Å². The maximum atomic E-state index is 11.7. The second-order valence-electron chi connectivity index (χ2n) is 4.52. The highest BCUT2D eigenvalue weighted by atomic mass is 16.3. The zero-order valence-corrected chi connectivity index (χ0v) is 9.28. The normalized spacial score (nSPS) is 18.3. The number of anilines is 1. The van der Waals surface area contributed by atoms with Crippen molar-refractivity contribution in [2.24, 2.45) is 0 Å². The van der Waals surface area contributed by atoms with Crippen LogP contribution in [-0.2, 0) is 4.79 Å². The van der Waals surface area contributed by atoms with Crippen molar-refractivity contribution >= 4 is 11.6 Å². The molecule has 0 aromatic heterocycles. The Morgan fingerprint density at radius 2 is 1.88 bits per heavy atom. The molecule has 0 atom stereocenters. The lowest BCUT2D eigenvalue weighted by Crippen LogP contribution is -2.30. The minimum Gasteiger partial charge on any atom is -0.389 e. The zero-order valence-electron chi connectivity index (χ0n) is 9.28. The average Bonchev–Trinajstić information content (AvgIpc) is 2.66. The third-order valence-corrected chi connectivity index (χ3v) is 3.08. The molecule has 86 valence electrons. The lowest BCUT2D eigenvalue weighted by atomic mass is 9.97. The summed E-state index contributed by atoms with van der Waals surface area (Å²) in [6.45, 7) is 0. The number of rotatable bonds is 3. The first-order valence-corrected chi connectivity index (χ1v) is 5.75. The molecule has 2 rings (SSSR count). The first-order valence-electron chi connectivity index (χ1n) is 5.75. The number of aliphatic hydroxyl groups is 1. The molecular weight excluding hydrogens is 202 g/mol. The van der Waals surface area contributed by atoms with Crippen molar-refractivity contribution in [1.82, 2.24) is 0 Å². The highest BCUT2D eigenvalue weighted by Crippen LogP contribution is 2.32. The van der Waals surface area contributed by atoms with E-state index in [2.05, 4.69) is 5.32 Å². The molecule has 1 aromatic rings. The summed E-state index contributed by atoms with van der Waals surface area (Å²) >= 11 is 0. The van der Waals surface area contributed by atoms with Gasteiger partial charge >= 0.3 is 0 Å². The smallest absolute Gasteiger partial charge is 0.227 e. The van der Waals surface area contributed by atoms with Crippen molar-refractivity contribution in [3.8, 4) is 0 Å². The number of hydrogen-bond acceptors (Lipinski definition) is 2. The fourth-order valence-electron chi connectivity index (χ4n) is 2.24. The lowest BCUT2D eigenvalue weighted by molar-refractivity contribution is -0.120. The molecule has 16 heavy (non-hydrogen) atoms. The molecule has 0 spiro atoms. The molecule has 1 fully saturated rings. The zero-order chi connectivity index (χ0) is 11.4. The number of para-hydroxylation sites is 1. The Kier molecular flexibility index (Phi) is 3.25. The molecule has 0 bridgehead atoms. The molecule has 1 aliphatic rings. The fraction of sp³-hybridized carbons (Fsp3) is 0.462. The summed E-state index contributed by atoms with van der Waals surface area (Å²) in [5.41, 5.74) is 0.0212. The van der Waals surface area contributed by atoms with Crippen LogP contribution in [0.2, 0.25) is 0 Å². The summed E-state index contributed by atoms with van der Waals surface area (Å²) in [4.78, 5) is 11.7. The summed E-state index contributed by atoms with van der Waals surface area (Å²) in [5.74, 6) is -0.101. The van der Waals surface area contributed by atoms with Crippen LogP contribution in [0.5, 0.6) is 0 Å². The van der Waals surface area contributed by atoms with Crippen molar-refractivity contribution in [1.29, 1.82) is 0 Å². The molecule has 3 nitrogen and oxygen atoms in total. The molecule has 0 radical (unpaired) electrons. The maximum Gasteiger partial charge on any atom is 0.227 e. The molecule has 0 saturated heterocycles. The van der Waals surface area contributed by atoms with Crippen molar-refractivity contribution in [3.63, 3.8) is 0 Å². The SMILES string of the molecule is O=C(CC1(O)CCCC1)Nc1ccccc1. The second-order valence-corrected chi connectivity index (χ2v) is 4.52. The molecule has 1 saturated carbocycles. The third kappa shape index (κ3) is 2.83. The Labute approximate surface area is 95.5 Å². The van der Waals surface area contributed by atoms with E-state index in [9.17, 15) is 9.90 Å². The van der Waals surface area contributed by atoms with Crippen molar-refractivity contribution in [2.45, 2.75) is 37.7 Å². The van der Waals surface area contributed by atoms with Gasteiger partial charge in [-0.3, -0.25) is 4.79 Å². The Morgan fingerprint density at radius 1 is 1.25 bits per heavy atom. The number of hydrogen-bond donors (Lipinski definition) is 2. The van der Waals surface area contributed by atoms with E-state index in [4.69, 9.17) is 0 Å². The van der Waals surface area contributed by atoms with Crippen LogP contribution in [0.25, 0.3) is 0 Å². The molecule has 2 N–H and O–H groups in total. The molecule has 1 aromatic carbocycles. The van der Waals surface area contributed by atoms with Crippen molar-refractivity contribution in [3.05, 3.63) is 30.3 Å². The Balaban J connectivity index is 1.89. The quantitative estimate of drug-likeness (QED) is 0.819. The predicted octanol–water partition coefficient (Wildman–Crippen LogP) is 2.32. The third-order valence-electron chi connectivity index (χ3n) is 3.08. The summed E-state index contributed by atoms with van der Waals surface area (Å²) < 4.78 is 0. The Morgan fingerprint density at radius 3 is 2.50 bits per heavy atom. The summed E-state index contributed by atoms with van der Waals surface area (Å²) in [7, 11) is 0. The average molecular weight is 219 g/mol. The number of amides is 1. The predicted molar refractivity (Wildman–Crippen MR) is 63.1 cm³/mol. The van der Waals surface area contributed by atoms with E-state index in [1.54, 1.807) is 0 Å². The van der Waals surface area contributed by atoms with Crippen LogP contribution in [-0.4, -0.2) is 16.6 Å². The highest BCUT2D eigenvalue weighted by Gasteiger charge is 2.33.